The highest BCUT2D eigenvalue weighted by molar-refractivity contribution is 7.80. The molecule has 29 heavy (non-hydrogen) atoms. The second kappa shape index (κ2) is 7.51. The first-order valence-electron chi connectivity index (χ1n) is 8.75. The molecule has 1 fully saturated rings. The van der Waals surface area contributed by atoms with Crippen LogP contribution >= 0.6 is 12.2 Å². The molecule has 0 aliphatic carbocycles. The molecule has 9 heteroatoms. The number of nitrogens with one attached hydrogen (secondary N) is 1. The fourth-order valence-corrected chi connectivity index (χ4v) is 3.23. The molecule has 2 aromatic heterocycles. The van der Waals surface area contributed by atoms with Crippen LogP contribution in [0.5, 0.6) is 5.75 Å². The smallest absolute Gasteiger partial charge is 0.281 e. The minimum absolute atomic E-state index is 0.176. The Kier molecular flexibility index (Phi) is 4.89. The number of furan rings is 1. The Morgan fingerprint density at radius 1 is 1.28 bits per heavy atom. The maximum Gasteiger partial charge on any atom is 0.281 e. The molecule has 0 saturated carbocycles. The Morgan fingerprint density at radius 3 is 2.72 bits per heavy atom. The normalized spacial score (nSPS) is 15.3. The van der Waals surface area contributed by atoms with Crippen LogP contribution in [0.25, 0.3) is 6.08 Å². The van der Waals surface area contributed by atoms with Gasteiger partial charge < -0.3 is 14.5 Å². The number of aryl methyl sites for hydroxylation is 2. The van der Waals surface area contributed by atoms with Gasteiger partial charge in [0.15, 0.2) is 5.11 Å². The zero-order chi connectivity index (χ0) is 20.5. The summed E-state index contributed by atoms with van der Waals surface area (Å²) in [5.41, 5.74) is 1.63. The van der Waals surface area contributed by atoms with Gasteiger partial charge in [-0.05, 0) is 55.5 Å². The molecule has 3 heterocycles. The molecule has 0 radical (unpaired) electrons. The van der Waals surface area contributed by atoms with Gasteiger partial charge in [0.25, 0.3) is 5.91 Å². The Balaban J connectivity index is 1.47. The topological polar surface area (TPSA) is 72.5 Å². The third-order valence-corrected chi connectivity index (χ3v) is 4.56. The average Bonchev–Trinajstić information content (AvgIpc) is 3.33. The molecule has 0 bridgehead atoms. The van der Waals surface area contributed by atoms with Gasteiger partial charge in [-0.15, -0.1) is 0 Å². The van der Waals surface area contributed by atoms with Crippen LogP contribution in [0.3, 0.4) is 0 Å². The van der Waals surface area contributed by atoms with Crippen molar-refractivity contribution in [2.75, 3.05) is 4.90 Å². The number of amides is 1. The monoisotopic (exact) mass is 412 g/mol. The van der Waals surface area contributed by atoms with Crippen molar-refractivity contribution in [3.63, 3.8) is 0 Å². The molecule has 0 spiro atoms. The number of hydrogen-bond acceptors (Lipinski definition) is 5. The van der Waals surface area contributed by atoms with Gasteiger partial charge in [0.05, 0.1) is 11.4 Å². The maximum absolute atomic E-state index is 12.9. The molecule has 1 amide bonds. The van der Waals surface area contributed by atoms with Gasteiger partial charge in [0.2, 0.25) is 0 Å². The number of carbonyl (C=O) groups is 1. The summed E-state index contributed by atoms with van der Waals surface area (Å²) >= 11 is 5.31. The van der Waals surface area contributed by atoms with Crippen molar-refractivity contribution in [1.29, 1.82) is 0 Å². The largest absolute Gasteiger partial charge is 0.486 e. The molecular formula is C20H17FN4O3S. The summed E-state index contributed by atoms with van der Waals surface area (Å²) in [6.45, 7) is 1.99. The molecule has 1 aromatic carbocycles. The number of thiocarbonyl (C=S) groups is 1. The minimum atomic E-state index is -0.327. The zero-order valence-electron chi connectivity index (χ0n) is 15.7. The first-order valence-corrected chi connectivity index (χ1v) is 9.16. The molecule has 4 rings (SSSR count). The number of hydrogen-bond donors (Lipinski definition) is 1. The molecule has 148 valence electrons. The Labute approximate surface area is 171 Å². The van der Waals surface area contributed by atoms with Gasteiger partial charge >= 0.3 is 0 Å². The van der Waals surface area contributed by atoms with E-state index in [2.05, 4.69) is 10.4 Å². The predicted molar refractivity (Wildman–Crippen MR) is 109 cm³/mol. The number of ether oxygens (including phenoxy) is 1. The predicted octanol–water partition coefficient (Wildman–Crippen LogP) is 3.30. The fourth-order valence-electron chi connectivity index (χ4n) is 2.94. The Morgan fingerprint density at radius 2 is 2.03 bits per heavy atom. The lowest BCUT2D eigenvalue weighted by Gasteiger charge is -2.11. The van der Waals surface area contributed by atoms with E-state index in [-0.39, 0.29) is 23.4 Å². The molecule has 1 N–H and O–H groups in total. The number of nitrogens with zero attached hydrogens (tertiary/aromatic N) is 3. The lowest BCUT2D eigenvalue weighted by atomic mass is 10.3. The highest BCUT2D eigenvalue weighted by Crippen LogP contribution is 2.25. The molecule has 0 unspecified atom stereocenters. The summed E-state index contributed by atoms with van der Waals surface area (Å²) in [6, 6.07) is 9.20. The first-order chi connectivity index (χ1) is 13.9. The van der Waals surface area contributed by atoms with Crippen LogP contribution in [0, 0.1) is 12.7 Å². The third kappa shape index (κ3) is 3.90. The summed E-state index contributed by atoms with van der Waals surface area (Å²) in [6.07, 6.45) is 3.32. The van der Waals surface area contributed by atoms with Crippen LogP contribution in [0.2, 0.25) is 0 Å². The number of halogens is 1. The van der Waals surface area contributed by atoms with Gasteiger partial charge in [-0.2, -0.15) is 5.10 Å². The SMILES string of the molecule is Cc1nn(C)cc1N1C(=O)/C(=C\c2ccc(COc3ccc(F)cc3)o2)NC1=S. The van der Waals surface area contributed by atoms with Gasteiger partial charge in [-0.25, -0.2) is 9.29 Å². The van der Waals surface area contributed by atoms with Crippen LogP contribution < -0.4 is 15.0 Å². The van der Waals surface area contributed by atoms with Crippen LogP contribution in [-0.2, 0) is 18.4 Å². The molecule has 3 aromatic rings. The number of benzene rings is 1. The van der Waals surface area contributed by atoms with E-state index >= 15 is 0 Å². The summed E-state index contributed by atoms with van der Waals surface area (Å²) in [5, 5.41) is 7.45. The minimum Gasteiger partial charge on any atom is -0.486 e. The van der Waals surface area contributed by atoms with E-state index < -0.39 is 0 Å². The first kappa shape index (κ1) is 18.9. The summed E-state index contributed by atoms with van der Waals surface area (Å²) in [4.78, 5) is 14.2. The third-order valence-electron chi connectivity index (χ3n) is 4.27. The molecular weight excluding hydrogens is 395 g/mol. The van der Waals surface area contributed by atoms with E-state index in [1.54, 1.807) is 36.1 Å². The molecule has 1 aliphatic heterocycles. The van der Waals surface area contributed by atoms with Crippen LogP contribution in [0.15, 0.2) is 52.7 Å². The number of aromatic nitrogens is 2. The van der Waals surface area contributed by atoms with E-state index in [9.17, 15) is 9.18 Å². The number of rotatable bonds is 5. The van der Waals surface area contributed by atoms with E-state index in [0.29, 0.717) is 34.3 Å². The number of carbonyl (C=O) groups excluding carboxylic acids is 1. The van der Waals surface area contributed by atoms with Crippen LogP contribution in [0.1, 0.15) is 17.2 Å². The lowest BCUT2D eigenvalue weighted by molar-refractivity contribution is -0.113. The summed E-state index contributed by atoms with van der Waals surface area (Å²) in [5.74, 6) is 0.960. The summed E-state index contributed by atoms with van der Waals surface area (Å²) in [7, 11) is 1.78. The quantitative estimate of drug-likeness (QED) is 0.512. The molecule has 7 nitrogen and oxygen atoms in total. The lowest BCUT2D eigenvalue weighted by Crippen LogP contribution is -2.30. The maximum atomic E-state index is 12.9. The second-order valence-corrected chi connectivity index (χ2v) is 6.84. The molecule has 1 aliphatic rings. The van der Waals surface area contributed by atoms with E-state index in [1.165, 1.54) is 29.2 Å². The van der Waals surface area contributed by atoms with Crippen molar-refractivity contribution >= 4 is 35.0 Å². The fraction of sp³-hybridized carbons (Fsp3) is 0.150. The highest BCUT2D eigenvalue weighted by Gasteiger charge is 2.34. The standard InChI is InChI=1S/C20H17FN4O3S/c1-12-18(10-24(2)23-12)25-19(26)17(22-20(25)29)9-15-7-8-16(28-15)11-27-14-5-3-13(21)4-6-14/h3-10H,11H2,1-2H3,(H,22,29)/b17-9+. The van der Waals surface area contributed by atoms with Crippen LogP contribution in [-0.4, -0.2) is 20.8 Å². The Hall–Kier alpha value is -3.46. The van der Waals surface area contributed by atoms with Crippen molar-refractivity contribution < 1.29 is 18.3 Å². The molecule has 1 saturated heterocycles. The van der Waals surface area contributed by atoms with Gasteiger partial charge in [-0.1, -0.05) is 0 Å². The highest BCUT2D eigenvalue weighted by atomic mass is 32.1. The van der Waals surface area contributed by atoms with Crippen molar-refractivity contribution in [3.05, 3.63) is 71.3 Å². The van der Waals surface area contributed by atoms with Crippen molar-refractivity contribution in [3.8, 4) is 5.75 Å². The van der Waals surface area contributed by atoms with E-state index in [0.717, 1.165) is 0 Å². The van der Waals surface area contributed by atoms with Crippen LogP contribution in [0.4, 0.5) is 10.1 Å². The zero-order valence-corrected chi connectivity index (χ0v) is 16.5. The van der Waals surface area contributed by atoms with E-state index in [1.807, 2.05) is 6.92 Å². The molecule has 0 atom stereocenters. The Bertz CT molecular complexity index is 1120. The van der Waals surface area contributed by atoms with E-state index in [4.69, 9.17) is 21.4 Å². The van der Waals surface area contributed by atoms with Gasteiger partial charge in [-0.3, -0.25) is 9.48 Å². The van der Waals surface area contributed by atoms with Gasteiger partial charge in [0.1, 0.15) is 35.4 Å². The second-order valence-electron chi connectivity index (χ2n) is 6.45. The van der Waals surface area contributed by atoms with Gasteiger partial charge in [0, 0.05) is 19.3 Å². The van der Waals surface area contributed by atoms with Crippen molar-refractivity contribution in [2.24, 2.45) is 7.05 Å². The number of anilines is 1. The summed E-state index contributed by atoms with van der Waals surface area (Å²) < 4.78 is 25.8. The van der Waals surface area contributed by atoms with Crippen molar-refractivity contribution in [1.82, 2.24) is 15.1 Å². The van der Waals surface area contributed by atoms with Crippen molar-refractivity contribution in [2.45, 2.75) is 13.5 Å². The average molecular weight is 412 g/mol.